The minimum atomic E-state index is 0.0121. The highest BCUT2D eigenvalue weighted by Crippen LogP contribution is 2.47. The fraction of sp³-hybridized carbons (Fsp3) is 0.579. The lowest BCUT2D eigenvalue weighted by Gasteiger charge is -2.19. The van der Waals surface area contributed by atoms with Gasteiger partial charge >= 0.3 is 0 Å². The third-order valence-electron chi connectivity index (χ3n) is 4.42. The zero-order chi connectivity index (χ0) is 17.4. The molecule has 0 unspecified atom stereocenters. The third-order valence-corrected chi connectivity index (χ3v) is 4.42. The van der Waals surface area contributed by atoms with Crippen LogP contribution in [-0.4, -0.2) is 50.5 Å². The second-order valence-corrected chi connectivity index (χ2v) is 6.90. The number of carbonyl (C=O) groups excluding carboxylic acids is 1. The summed E-state index contributed by atoms with van der Waals surface area (Å²) < 4.78 is 0. The van der Waals surface area contributed by atoms with E-state index in [1.807, 2.05) is 0 Å². The molecule has 0 radical (unpaired) electrons. The molecule has 0 aliphatic heterocycles. The zero-order valence-corrected chi connectivity index (χ0v) is 15.1. The van der Waals surface area contributed by atoms with Gasteiger partial charge in [-0.05, 0) is 36.7 Å². The molecule has 0 bridgehead atoms. The molecule has 5 nitrogen and oxygen atoms in total. The molecule has 1 aromatic rings. The van der Waals surface area contributed by atoms with Crippen LogP contribution in [0.2, 0.25) is 0 Å². The normalized spacial score (nSPS) is 15.7. The quantitative estimate of drug-likeness (QED) is 0.566. The molecule has 0 aromatic heterocycles. The Morgan fingerprint density at radius 3 is 2.50 bits per heavy atom. The second-order valence-electron chi connectivity index (χ2n) is 6.90. The van der Waals surface area contributed by atoms with Gasteiger partial charge in [0.15, 0.2) is 5.96 Å². The molecule has 1 amide bonds. The van der Waals surface area contributed by atoms with Crippen LogP contribution in [0.1, 0.15) is 31.7 Å². The lowest BCUT2D eigenvalue weighted by atomic mass is 9.96. The number of carbonyl (C=O) groups is 1. The van der Waals surface area contributed by atoms with Crippen molar-refractivity contribution in [1.29, 1.82) is 0 Å². The number of amides is 1. The van der Waals surface area contributed by atoms with Crippen LogP contribution in [0.25, 0.3) is 0 Å². The highest BCUT2D eigenvalue weighted by atomic mass is 16.2. The van der Waals surface area contributed by atoms with E-state index in [0.29, 0.717) is 5.41 Å². The molecular formula is C19H30N4O. The Labute approximate surface area is 145 Å². The van der Waals surface area contributed by atoms with Crippen LogP contribution in [0.4, 0.5) is 0 Å². The Morgan fingerprint density at radius 2 is 1.92 bits per heavy atom. The number of hydrogen-bond acceptors (Lipinski definition) is 2. The van der Waals surface area contributed by atoms with E-state index in [9.17, 15) is 4.79 Å². The average Bonchev–Trinajstić information content (AvgIpc) is 3.34. The Balaban J connectivity index is 1.89. The summed E-state index contributed by atoms with van der Waals surface area (Å²) in [6, 6.07) is 10.6. The van der Waals surface area contributed by atoms with E-state index in [4.69, 9.17) is 0 Å². The monoisotopic (exact) mass is 330 g/mol. The first-order valence-corrected chi connectivity index (χ1v) is 8.81. The number of aliphatic imine (C=N–C) groups is 1. The molecule has 1 aliphatic rings. The molecule has 1 aliphatic carbocycles. The average molecular weight is 330 g/mol. The van der Waals surface area contributed by atoms with Gasteiger partial charge in [-0.2, -0.15) is 0 Å². The molecule has 0 saturated heterocycles. The maximum Gasteiger partial charge on any atom is 0.243 e. The van der Waals surface area contributed by atoms with Crippen molar-refractivity contribution in [1.82, 2.24) is 15.5 Å². The van der Waals surface area contributed by atoms with Crippen molar-refractivity contribution in [2.45, 2.75) is 32.6 Å². The first kappa shape index (κ1) is 18.3. The van der Waals surface area contributed by atoms with E-state index in [0.717, 1.165) is 31.9 Å². The van der Waals surface area contributed by atoms with Gasteiger partial charge in [0.2, 0.25) is 5.91 Å². The summed E-state index contributed by atoms with van der Waals surface area (Å²) in [5, 5.41) is 6.74. The fourth-order valence-corrected chi connectivity index (χ4v) is 2.60. The number of guanidine groups is 1. The van der Waals surface area contributed by atoms with Gasteiger partial charge in [-0.25, -0.2) is 4.99 Å². The maximum absolute atomic E-state index is 11.7. The van der Waals surface area contributed by atoms with Crippen LogP contribution in [0, 0.1) is 5.41 Å². The maximum atomic E-state index is 11.7. The number of hydrogen-bond donors (Lipinski definition) is 2. The van der Waals surface area contributed by atoms with Crippen molar-refractivity contribution in [2.75, 3.05) is 33.7 Å². The van der Waals surface area contributed by atoms with Gasteiger partial charge in [0, 0.05) is 27.2 Å². The second kappa shape index (κ2) is 8.71. The van der Waals surface area contributed by atoms with E-state index in [1.165, 1.54) is 18.4 Å². The molecule has 0 atom stereocenters. The number of nitrogens with one attached hydrogen (secondary N) is 2. The smallest absolute Gasteiger partial charge is 0.243 e. The van der Waals surface area contributed by atoms with Crippen molar-refractivity contribution in [3.63, 3.8) is 0 Å². The Morgan fingerprint density at radius 1 is 1.21 bits per heavy atom. The van der Waals surface area contributed by atoms with Crippen LogP contribution in [0.3, 0.4) is 0 Å². The Bertz CT molecular complexity index is 550. The zero-order valence-electron chi connectivity index (χ0n) is 15.1. The van der Waals surface area contributed by atoms with Crippen LogP contribution < -0.4 is 10.6 Å². The van der Waals surface area contributed by atoms with Gasteiger partial charge in [-0.15, -0.1) is 0 Å². The predicted octanol–water partition coefficient (Wildman–Crippen LogP) is 2.04. The summed E-state index contributed by atoms with van der Waals surface area (Å²) in [5.41, 5.74) is 1.72. The van der Waals surface area contributed by atoms with Crippen molar-refractivity contribution in [3.8, 4) is 0 Å². The SMILES string of the molecule is CCCNC(=NCC(=O)N(C)C)NCC1(Cc2ccccc2)CC1. The minimum absolute atomic E-state index is 0.0121. The largest absolute Gasteiger partial charge is 0.356 e. The summed E-state index contributed by atoms with van der Waals surface area (Å²) in [6.07, 6.45) is 4.61. The predicted molar refractivity (Wildman–Crippen MR) is 99.1 cm³/mol. The molecule has 2 N–H and O–H groups in total. The van der Waals surface area contributed by atoms with Crippen molar-refractivity contribution in [3.05, 3.63) is 35.9 Å². The lowest BCUT2D eigenvalue weighted by Crippen LogP contribution is -2.41. The molecule has 132 valence electrons. The molecule has 2 rings (SSSR count). The standard InChI is InChI=1S/C19H30N4O/c1-4-12-20-18(21-14-17(24)23(2)3)22-15-19(10-11-19)13-16-8-6-5-7-9-16/h5-9H,4,10-15H2,1-3H3,(H2,20,21,22). The molecule has 5 heteroatoms. The van der Waals surface area contributed by atoms with Crippen molar-refractivity contribution >= 4 is 11.9 Å². The van der Waals surface area contributed by atoms with E-state index in [1.54, 1.807) is 19.0 Å². The third kappa shape index (κ3) is 5.87. The number of benzene rings is 1. The molecule has 1 fully saturated rings. The van der Waals surface area contributed by atoms with E-state index < -0.39 is 0 Å². The summed E-state index contributed by atoms with van der Waals surface area (Å²) in [6.45, 7) is 4.05. The Hall–Kier alpha value is -2.04. The van der Waals surface area contributed by atoms with Crippen LogP contribution in [0.15, 0.2) is 35.3 Å². The van der Waals surface area contributed by atoms with Gasteiger partial charge in [0.25, 0.3) is 0 Å². The van der Waals surface area contributed by atoms with Gasteiger partial charge in [0.05, 0.1) is 0 Å². The van der Waals surface area contributed by atoms with Gasteiger partial charge in [-0.3, -0.25) is 4.79 Å². The topological polar surface area (TPSA) is 56.7 Å². The number of likely N-dealkylation sites (N-methyl/N-ethyl adjacent to an activating group) is 1. The van der Waals surface area contributed by atoms with E-state index in [-0.39, 0.29) is 12.5 Å². The molecular weight excluding hydrogens is 300 g/mol. The van der Waals surface area contributed by atoms with Crippen molar-refractivity contribution in [2.24, 2.45) is 10.4 Å². The lowest BCUT2D eigenvalue weighted by molar-refractivity contribution is -0.127. The molecule has 24 heavy (non-hydrogen) atoms. The number of nitrogens with zero attached hydrogens (tertiary/aromatic N) is 2. The summed E-state index contributed by atoms with van der Waals surface area (Å²) >= 11 is 0. The Kier molecular flexibility index (Phi) is 6.64. The first-order chi connectivity index (χ1) is 11.5. The summed E-state index contributed by atoms with van der Waals surface area (Å²) in [5.74, 6) is 0.754. The van der Waals surface area contributed by atoms with Gasteiger partial charge < -0.3 is 15.5 Å². The fourth-order valence-electron chi connectivity index (χ4n) is 2.60. The van der Waals surface area contributed by atoms with E-state index >= 15 is 0 Å². The molecule has 1 saturated carbocycles. The highest BCUT2D eigenvalue weighted by Gasteiger charge is 2.42. The molecule has 1 aromatic carbocycles. The summed E-state index contributed by atoms with van der Waals surface area (Å²) in [4.78, 5) is 17.7. The van der Waals surface area contributed by atoms with Crippen LogP contribution in [0.5, 0.6) is 0 Å². The molecule has 0 spiro atoms. The molecule has 0 heterocycles. The first-order valence-electron chi connectivity index (χ1n) is 8.81. The van der Waals surface area contributed by atoms with Crippen LogP contribution >= 0.6 is 0 Å². The van der Waals surface area contributed by atoms with Gasteiger partial charge in [-0.1, -0.05) is 37.3 Å². The van der Waals surface area contributed by atoms with Crippen LogP contribution in [-0.2, 0) is 11.2 Å². The van der Waals surface area contributed by atoms with E-state index in [2.05, 4.69) is 52.9 Å². The van der Waals surface area contributed by atoms with Gasteiger partial charge in [0.1, 0.15) is 6.54 Å². The van der Waals surface area contributed by atoms with Crippen molar-refractivity contribution < 1.29 is 4.79 Å². The minimum Gasteiger partial charge on any atom is -0.356 e. The summed E-state index contributed by atoms with van der Waals surface area (Å²) in [7, 11) is 3.51. The highest BCUT2D eigenvalue weighted by molar-refractivity contribution is 5.84. The number of rotatable bonds is 8.